The lowest BCUT2D eigenvalue weighted by Gasteiger charge is -2.34. The van der Waals surface area contributed by atoms with Crippen molar-refractivity contribution in [1.82, 2.24) is 10.2 Å². The average molecular weight is 498 g/mol. The monoisotopic (exact) mass is 497 g/mol. The molecule has 0 radical (unpaired) electrons. The molecule has 2 aromatic rings. The summed E-state index contributed by atoms with van der Waals surface area (Å²) in [5, 5.41) is 15.4. The van der Waals surface area contributed by atoms with E-state index in [0.29, 0.717) is 17.7 Å². The standard InChI is InChI=1S/C28H39N3O5/c1-7-8-16-31(26(34)23(18-32)30-27(35)36-28(4,5)6)24(21-14-11-12-19(2)17-21)25(33)29-22-15-10-9-13-20(22)3/h9-15,17,23-24,32H,7-8,16,18H2,1-6H3,(H,29,33)(H,30,35). The number of hydrogen-bond donors (Lipinski definition) is 3. The Morgan fingerprint density at radius 2 is 1.75 bits per heavy atom. The molecular weight excluding hydrogens is 458 g/mol. The fraction of sp³-hybridized carbons (Fsp3) is 0.464. The van der Waals surface area contributed by atoms with Gasteiger partial charge in [0.25, 0.3) is 5.91 Å². The van der Waals surface area contributed by atoms with Gasteiger partial charge in [-0.25, -0.2) is 4.79 Å². The normalized spacial score (nSPS) is 12.9. The Kier molecular flexibility index (Phi) is 10.5. The molecule has 0 saturated carbocycles. The van der Waals surface area contributed by atoms with Crippen LogP contribution >= 0.6 is 0 Å². The summed E-state index contributed by atoms with van der Waals surface area (Å²) >= 11 is 0. The number of benzene rings is 2. The highest BCUT2D eigenvalue weighted by Crippen LogP contribution is 2.26. The molecule has 0 bridgehead atoms. The van der Waals surface area contributed by atoms with E-state index in [1.165, 1.54) is 4.90 Å². The summed E-state index contributed by atoms with van der Waals surface area (Å²) < 4.78 is 5.27. The van der Waals surface area contributed by atoms with Crippen molar-refractivity contribution in [1.29, 1.82) is 0 Å². The third-order valence-electron chi connectivity index (χ3n) is 5.53. The van der Waals surface area contributed by atoms with Gasteiger partial charge in [0, 0.05) is 12.2 Å². The van der Waals surface area contributed by atoms with Crippen molar-refractivity contribution in [3.63, 3.8) is 0 Å². The molecule has 2 aromatic carbocycles. The van der Waals surface area contributed by atoms with Gasteiger partial charge in [-0.1, -0.05) is 61.4 Å². The predicted molar refractivity (Wildman–Crippen MR) is 141 cm³/mol. The molecule has 8 nitrogen and oxygen atoms in total. The molecule has 0 spiro atoms. The first-order valence-corrected chi connectivity index (χ1v) is 12.3. The highest BCUT2D eigenvalue weighted by atomic mass is 16.6. The van der Waals surface area contributed by atoms with Crippen LogP contribution in [-0.4, -0.2) is 52.7 Å². The summed E-state index contributed by atoms with van der Waals surface area (Å²) in [6, 6.07) is 12.6. The van der Waals surface area contributed by atoms with E-state index in [9.17, 15) is 19.5 Å². The van der Waals surface area contributed by atoms with Gasteiger partial charge in [-0.15, -0.1) is 0 Å². The zero-order valence-corrected chi connectivity index (χ0v) is 22.1. The lowest BCUT2D eigenvalue weighted by atomic mass is 10.00. The van der Waals surface area contributed by atoms with Crippen LogP contribution in [0.3, 0.4) is 0 Å². The fourth-order valence-electron chi connectivity index (χ4n) is 3.76. The summed E-state index contributed by atoms with van der Waals surface area (Å²) in [6.45, 7) is 10.5. The van der Waals surface area contributed by atoms with Crippen molar-refractivity contribution >= 4 is 23.6 Å². The number of amides is 3. The number of aryl methyl sites for hydroxylation is 2. The molecule has 2 unspecified atom stereocenters. The van der Waals surface area contributed by atoms with Gasteiger partial charge in [-0.3, -0.25) is 9.59 Å². The third-order valence-corrected chi connectivity index (χ3v) is 5.53. The number of para-hydroxylation sites is 1. The lowest BCUT2D eigenvalue weighted by molar-refractivity contribution is -0.141. The molecule has 8 heteroatoms. The maximum absolute atomic E-state index is 13.7. The molecule has 3 amide bonds. The van der Waals surface area contributed by atoms with E-state index in [-0.39, 0.29) is 12.5 Å². The maximum Gasteiger partial charge on any atom is 0.408 e. The van der Waals surface area contributed by atoms with E-state index in [0.717, 1.165) is 17.5 Å². The highest BCUT2D eigenvalue weighted by molar-refractivity contribution is 5.99. The van der Waals surface area contributed by atoms with Gasteiger partial charge in [-0.2, -0.15) is 0 Å². The van der Waals surface area contributed by atoms with Crippen LogP contribution in [0.15, 0.2) is 48.5 Å². The van der Waals surface area contributed by atoms with Crippen LogP contribution in [0.2, 0.25) is 0 Å². The fourth-order valence-corrected chi connectivity index (χ4v) is 3.76. The van der Waals surface area contributed by atoms with Gasteiger partial charge in [0.2, 0.25) is 5.91 Å². The van der Waals surface area contributed by atoms with Crippen molar-refractivity contribution in [2.75, 3.05) is 18.5 Å². The number of nitrogens with zero attached hydrogens (tertiary/aromatic N) is 1. The molecule has 0 aromatic heterocycles. The van der Waals surface area contributed by atoms with Crippen LogP contribution in [0.4, 0.5) is 10.5 Å². The minimum absolute atomic E-state index is 0.266. The van der Waals surface area contributed by atoms with Gasteiger partial charge in [-0.05, 0) is 58.2 Å². The van der Waals surface area contributed by atoms with Gasteiger partial charge in [0.15, 0.2) is 0 Å². The van der Waals surface area contributed by atoms with Crippen LogP contribution < -0.4 is 10.6 Å². The van der Waals surface area contributed by atoms with Crippen LogP contribution in [0.1, 0.15) is 63.3 Å². The van der Waals surface area contributed by atoms with Crippen LogP contribution in [0.25, 0.3) is 0 Å². The van der Waals surface area contributed by atoms with Crippen molar-refractivity contribution in [3.8, 4) is 0 Å². The van der Waals surface area contributed by atoms with Gasteiger partial charge in [0.1, 0.15) is 17.7 Å². The summed E-state index contributed by atoms with van der Waals surface area (Å²) in [4.78, 5) is 41.3. The molecule has 196 valence electrons. The summed E-state index contributed by atoms with van der Waals surface area (Å²) in [7, 11) is 0. The van der Waals surface area contributed by atoms with E-state index < -0.39 is 36.3 Å². The van der Waals surface area contributed by atoms with E-state index in [2.05, 4.69) is 10.6 Å². The zero-order chi connectivity index (χ0) is 26.9. The molecule has 0 heterocycles. The van der Waals surface area contributed by atoms with Crippen molar-refractivity contribution in [2.24, 2.45) is 0 Å². The molecular formula is C28H39N3O5. The summed E-state index contributed by atoms with van der Waals surface area (Å²) in [5.41, 5.74) is 2.34. The summed E-state index contributed by atoms with van der Waals surface area (Å²) in [6.07, 6.45) is 0.602. The first-order valence-electron chi connectivity index (χ1n) is 12.3. The number of aliphatic hydroxyl groups excluding tert-OH is 1. The second kappa shape index (κ2) is 13.1. The number of aliphatic hydroxyl groups is 1. The first-order chi connectivity index (χ1) is 17.0. The molecule has 0 aliphatic heterocycles. The number of hydrogen-bond acceptors (Lipinski definition) is 5. The smallest absolute Gasteiger partial charge is 0.408 e. The molecule has 0 aliphatic rings. The Morgan fingerprint density at radius 3 is 2.33 bits per heavy atom. The number of rotatable bonds is 10. The second-order valence-corrected chi connectivity index (χ2v) is 9.89. The van der Waals surface area contributed by atoms with E-state index in [4.69, 9.17) is 4.74 Å². The lowest BCUT2D eigenvalue weighted by Crippen LogP contribution is -2.54. The number of unbranched alkanes of at least 4 members (excludes halogenated alkanes) is 1. The van der Waals surface area contributed by atoms with Crippen LogP contribution in [0, 0.1) is 13.8 Å². The average Bonchev–Trinajstić information content (AvgIpc) is 2.80. The molecule has 0 aliphatic carbocycles. The second-order valence-electron chi connectivity index (χ2n) is 9.89. The highest BCUT2D eigenvalue weighted by Gasteiger charge is 2.36. The molecule has 2 rings (SSSR count). The SMILES string of the molecule is CCCCN(C(=O)C(CO)NC(=O)OC(C)(C)C)C(C(=O)Nc1ccccc1C)c1cccc(C)c1. The molecule has 2 atom stereocenters. The molecule has 3 N–H and O–H groups in total. The number of nitrogens with one attached hydrogen (secondary N) is 2. The first kappa shape index (κ1) is 28.8. The van der Waals surface area contributed by atoms with Crippen LogP contribution in [0.5, 0.6) is 0 Å². The Bertz CT molecular complexity index is 1050. The number of carbonyl (C=O) groups is 3. The Morgan fingerprint density at radius 1 is 1.06 bits per heavy atom. The molecule has 0 fully saturated rings. The number of alkyl carbamates (subject to hydrolysis) is 1. The third kappa shape index (κ3) is 8.37. The summed E-state index contributed by atoms with van der Waals surface area (Å²) in [5.74, 6) is -0.948. The Hall–Kier alpha value is -3.39. The largest absolute Gasteiger partial charge is 0.444 e. The number of anilines is 1. The predicted octanol–water partition coefficient (Wildman–Crippen LogP) is 4.50. The number of carbonyl (C=O) groups excluding carboxylic acids is 3. The quantitative estimate of drug-likeness (QED) is 0.448. The minimum Gasteiger partial charge on any atom is -0.444 e. The Labute approximate surface area is 214 Å². The van der Waals surface area contributed by atoms with E-state index in [1.807, 2.05) is 57.2 Å². The Balaban J connectivity index is 2.47. The molecule has 0 saturated heterocycles. The topological polar surface area (TPSA) is 108 Å². The van der Waals surface area contributed by atoms with E-state index in [1.54, 1.807) is 32.9 Å². The van der Waals surface area contributed by atoms with Crippen LogP contribution in [-0.2, 0) is 14.3 Å². The van der Waals surface area contributed by atoms with E-state index >= 15 is 0 Å². The van der Waals surface area contributed by atoms with Crippen molar-refractivity contribution in [3.05, 3.63) is 65.2 Å². The van der Waals surface area contributed by atoms with Gasteiger partial charge >= 0.3 is 6.09 Å². The van der Waals surface area contributed by atoms with Gasteiger partial charge in [0.05, 0.1) is 6.61 Å². The molecule has 36 heavy (non-hydrogen) atoms. The minimum atomic E-state index is -1.27. The zero-order valence-electron chi connectivity index (χ0n) is 22.1. The van der Waals surface area contributed by atoms with Crippen molar-refractivity contribution < 1.29 is 24.2 Å². The number of ether oxygens (including phenoxy) is 1. The maximum atomic E-state index is 13.7. The van der Waals surface area contributed by atoms with Crippen molar-refractivity contribution in [2.45, 2.75) is 72.1 Å². The van der Waals surface area contributed by atoms with Gasteiger partial charge < -0.3 is 25.4 Å².